The molecule has 12 nitrogen and oxygen atoms in total. The summed E-state index contributed by atoms with van der Waals surface area (Å²) in [7, 11) is 3.28. The summed E-state index contributed by atoms with van der Waals surface area (Å²) in [5.74, 6) is 1.03. The highest BCUT2D eigenvalue weighted by Crippen LogP contribution is 2.37. The highest BCUT2D eigenvalue weighted by Gasteiger charge is 2.21. The van der Waals surface area contributed by atoms with Crippen molar-refractivity contribution in [3.05, 3.63) is 47.6 Å². The number of ether oxygens (including phenoxy) is 2. The highest BCUT2D eigenvalue weighted by atomic mass is 16.5. The van der Waals surface area contributed by atoms with Gasteiger partial charge in [-0.25, -0.2) is 9.78 Å². The number of anilines is 3. The zero-order valence-electron chi connectivity index (χ0n) is 21.1. The molecule has 0 aliphatic carbocycles. The molecule has 1 unspecified atom stereocenters. The number of carbonyl (C=O) groups excluding carboxylic acids is 1. The molecule has 2 aromatic heterocycles. The minimum atomic E-state index is -0.576. The maximum absolute atomic E-state index is 12.6. The predicted octanol–water partition coefficient (Wildman–Crippen LogP) is 3.71. The SMILES string of the molecule is CCOC(=O)c1cnc(NC(C)/C(=C/NC)C(C)=N)nc1Nc1cccc(-c2nnc(C)o2)c1OC. The van der Waals surface area contributed by atoms with Gasteiger partial charge in [0.25, 0.3) is 5.89 Å². The Morgan fingerprint density at radius 1 is 1.31 bits per heavy atom. The molecule has 3 aromatic rings. The Labute approximate surface area is 209 Å². The molecule has 2 heterocycles. The molecule has 1 atom stereocenters. The number of hydrogen-bond acceptors (Lipinski definition) is 12. The molecule has 0 amide bonds. The van der Waals surface area contributed by atoms with Gasteiger partial charge < -0.3 is 35.3 Å². The largest absolute Gasteiger partial charge is 0.494 e. The van der Waals surface area contributed by atoms with Crippen LogP contribution < -0.4 is 20.7 Å². The van der Waals surface area contributed by atoms with Crippen LogP contribution in [-0.2, 0) is 4.74 Å². The molecule has 3 rings (SSSR count). The molecule has 190 valence electrons. The first-order chi connectivity index (χ1) is 17.3. The number of hydrogen-bond donors (Lipinski definition) is 4. The van der Waals surface area contributed by atoms with Crippen molar-refractivity contribution in [2.24, 2.45) is 0 Å². The van der Waals surface area contributed by atoms with Crippen molar-refractivity contribution in [2.75, 3.05) is 31.4 Å². The van der Waals surface area contributed by atoms with Gasteiger partial charge in [0.15, 0.2) is 11.6 Å². The van der Waals surface area contributed by atoms with Gasteiger partial charge in [-0.3, -0.25) is 0 Å². The number of nitrogens with zero attached hydrogens (tertiary/aromatic N) is 4. The van der Waals surface area contributed by atoms with E-state index in [0.717, 1.165) is 5.57 Å². The summed E-state index contributed by atoms with van der Waals surface area (Å²) in [6.45, 7) is 7.20. The Bertz CT molecular complexity index is 1270. The number of nitrogens with one attached hydrogen (secondary N) is 4. The summed E-state index contributed by atoms with van der Waals surface area (Å²) in [5.41, 5.74) is 2.36. The minimum Gasteiger partial charge on any atom is -0.494 e. The third kappa shape index (κ3) is 5.95. The van der Waals surface area contributed by atoms with Crippen LogP contribution >= 0.6 is 0 Å². The zero-order chi connectivity index (χ0) is 26.2. The van der Waals surface area contributed by atoms with E-state index >= 15 is 0 Å². The number of para-hydroxylation sites is 1. The van der Waals surface area contributed by atoms with Crippen molar-refractivity contribution < 1.29 is 18.7 Å². The normalized spacial score (nSPS) is 12.0. The van der Waals surface area contributed by atoms with Crippen molar-refractivity contribution in [2.45, 2.75) is 33.7 Å². The number of methoxy groups -OCH3 is 1. The maximum Gasteiger partial charge on any atom is 0.343 e. The average Bonchev–Trinajstić information content (AvgIpc) is 3.28. The standard InChI is InChI=1S/C24H30N8O4/c1-7-35-23(33)18-12-27-24(28-14(3)17(11-26-5)13(2)25)30-21(18)29-19-10-8-9-16(20(19)34-6)22-32-31-15(4)36-22/h8-12,14,25-26H,7H2,1-6H3,(H2,27,28,29,30)/b17-11+,25-13?. The summed E-state index contributed by atoms with van der Waals surface area (Å²) in [6.07, 6.45) is 3.13. The molecule has 0 spiro atoms. The average molecular weight is 495 g/mol. The number of aromatic nitrogens is 4. The fourth-order valence-corrected chi connectivity index (χ4v) is 3.45. The van der Waals surface area contributed by atoms with Crippen molar-refractivity contribution in [3.63, 3.8) is 0 Å². The molecular weight excluding hydrogens is 464 g/mol. The molecule has 0 saturated carbocycles. The summed E-state index contributed by atoms with van der Waals surface area (Å²) < 4.78 is 16.4. The molecular formula is C24H30N8O4. The molecule has 12 heteroatoms. The van der Waals surface area contributed by atoms with Gasteiger partial charge in [0, 0.05) is 37.7 Å². The minimum absolute atomic E-state index is 0.144. The van der Waals surface area contributed by atoms with Gasteiger partial charge >= 0.3 is 5.97 Å². The van der Waals surface area contributed by atoms with Gasteiger partial charge in [-0.1, -0.05) is 6.07 Å². The van der Waals surface area contributed by atoms with E-state index in [1.165, 1.54) is 13.3 Å². The lowest BCUT2D eigenvalue weighted by molar-refractivity contribution is 0.0526. The summed E-state index contributed by atoms with van der Waals surface area (Å²) >= 11 is 0. The first kappa shape index (κ1) is 26.1. The Balaban J connectivity index is 2.02. The Morgan fingerprint density at radius 3 is 2.69 bits per heavy atom. The van der Waals surface area contributed by atoms with Gasteiger partial charge in [0.2, 0.25) is 11.8 Å². The van der Waals surface area contributed by atoms with Crippen molar-refractivity contribution in [1.82, 2.24) is 25.5 Å². The monoisotopic (exact) mass is 494 g/mol. The number of carbonyl (C=O) groups is 1. The van der Waals surface area contributed by atoms with Crippen LogP contribution in [0.3, 0.4) is 0 Å². The van der Waals surface area contributed by atoms with Gasteiger partial charge in [0.05, 0.1) is 31.0 Å². The third-order valence-electron chi connectivity index (χ3n) is 5.06. The Morgan fingerprint density at radius 2 is 2.08 bits per heavy atom. The van der Waals surface area contributed by atoms with E-state index in [-0.39, 0.29) is 30.0 Å². The molecule has 36 heavy (non-hydrogen) atoms. The van der Waals surface area contributed by atoms with Crippen molar-refractivity contribution >= 4 is 29.1 Å². The Kier molecular flexibility index (Phi) is 8.55. The predicted molar refractivity (Wildman–Crippen MR) is 136 cm³/mol. The fourth-order valence-electron chi connectivity index (χ4n) is 3.45. The van der Waals surface area contributed by atoms with E-state index in [4.69, 9.17) is 19.3 Å². The molecule has 0 fully saturated rings. The van der Waals surface area contributed by atoms with Crippen LogP contribution in [0.15, 0.2) is 40.6 Å². The van der Waals surface area contributed by atoms with E-state index in [0.29, 0.717) is 34.5 Å². The van der Waals surface area contributed by atoms with Crippen LogP contribution in [0.5, 0.6) is 5.75 Å². The summed E-state index contributed by atoms with van der Waals surface area (Å²) in [6, 6.07) is 5.06. The van der Waals surface area contributed by atoms with Crippen LogP contribution in [0.4, 0.5) is 17.5 Å². The molecule has 0 aliphatic heterocycles. The molecule has 0 saturated heterocycles. The van der Waals surface area contributed by atoms with Gasteiger partial charge in [-0.2, -0.15) is 4.98 Å². The second-order valence-corrected chi connectivity index (χ2v) is 7.69. The zero-order valence-corrected chi connectivity index (χ0v) is 21.1. The van der Waals surface area contributed by atoms with Gasteiger partial charge in [-0.15, -0.1) is 10.2 Å². The number of aryl methyl sites for hydroxylation is 1. The van der Waals surface area contributed by atoms with E-state index in [1.807, 2.05) is 6.92 Å². The summed E-state index contributed by atoms with van der Waals surface area (Å²) in [5, 5.41) is 25.3. The van der Waals surface area contributed by atoms with Gasteiger partial charge in [0.1, 0.15) is 5.56 Å². The lowest BCUT2D eigenvalue weighted by Crippen LogP contribution is -2.25. The molecule has 0 bridgehead atoms. The van der Waals surface area contributed by atoms with Gasteiger partial charge in [-0.05, 0) is 32.9 Å². The Hall–Kier alpha value is -4.48. The van der Waals surface area contributed by atoms with Crippen LogP contribution in [0, 0.1) is 12.3 Å². The number of benzene rings is 1. The van der Waals surface area contributed by atoms with Crippen LogP contribution in [0.2, 0.25) is 0 Å². The lowest BCUT2D eigenvalue weighted by Gasteiger charge is -2.19. The molecule has 1 aromatic carbocycles. The lowest BCUT2D eigenvalue weighted by atomic mass is 10.1. The maximum atomic E-state index is 12.6. The van der Waals surface area contributed by atoms with Crippen LogP contribution in [0.1, 0.15) is 37.0 Å². The topological polar surface area (TPSA) is 160 Å². The smallest absolute Gasteiger partial charge is 0.343 e. The second kappa shape index (κ2) is 11.8. The van der Waals surface area contributed by atoms with Crippen LogP contribution in [0.25, 0.3) is 11.5 Å². The van der Waals surface area contributed by atoms with E-state index in [2.05, 4.69) is 36.1 Å². The first-order valence-corrected chi connectivity index (χ1v) is 11.3. The number of rotatable bonds is 11. The molecule has 0 radical (unpaired) electrons. The molecule has 4 N–H and O–H groups in total. The molecule has 0 aliphatic rings. The highest BCUT2D eigenvalue weighted by molar-refractivity contribution is 5.97. The van der Waals surface area contributed by atoms with Crippen molar-refractivity contribution in [3.8, 4) is 17.2 Å². The van der Waals surface area contributed by atoms with E-state index in [9.17, 15) is 4.79 Å². The quantitative estimate of drug-likeness (QED) is 0.227. The van der Waals surface area contributed by atoms with Crippen molar-refractivity contribution in [1.29, 1.82) is 5.41 Å². The fraction of sp³-hybridized carbons (Fsp3) is 0.333. The van der Waals surface area contributed by atoms with E-state index in [1.54, 1.807) is 52.2 Å². The number of esters is 1. The first-order valence-electron chi connectivity index (χ1n) is 11.3. The summed E-state index contributed by atoms with van der Waals surface area (Å²) in [4.78, 5) is 21.5. The van der Waals surface area contributed by atoms with Crippen LogP contribution in [-0.4, -0.2) is 58.7 Å². The third-order valence-corrected chi connectivity index (χ3v) is 5.06. The van der Waals surface area contributed by atoms with E-state index < -0.39 is 5.97 Å². The second-order valence-electron chi connectivity index (χ2n) is 7.69.